The molecule has 240 valence electrons. The van der Waals surface area contributed by atoms with Crippen LogP contribution in [0.5, 0.6) is 17.2 Å². The number of amides is 2. The van der Waals surface area contributed by atoms with Crippen LogP contribution < -0.4 is 19.6 Å². The molecular weight excluding hydrogens is 588 g/mol. The van der Waals surface area contributed by atoms with Crippen LogP contribution in [0.2, 0.25) is 0 Å². The number of morpholine rings is 1. The summed E-state index contributed by atoms with van der Waals surface area (Å²) in [7, 11) is 1.52. The average molecular weight is 627 g/mol. The Morgan fingerprint density at radius 2 is 1.74 bits per heavy atom. The first-order chi connectivity index (χ1) is 22.4. The number of methoxy groups -OCH3 is 1. The van der Waals surface area contributed by atoms with Gasteiger partial charge >= 0.3 is 5.91 Å². The predicted octanol–water partition coefficient (Wildman–Crippen LogP) is 5.00. The molecule has 1 fully saturated rings. The molecule has 0 bridgehead atoms. The van der Waals surface area contributed by atoms with E-state index in [1.54, 1.807) is 29.2 Å². The number of aromatic nitrogens is 1. The maximum Gasteiger partial charge on any atom is 0.307 e. The van der Waals surface area contributed by atoms with E-state index in [4.69, 9.17) is 23.4 Å². The number of hydrogen-bond donors (Lipinski definition) is 1. The van der Waals surface area contributed by atoms with Gasteiger partial charge in [0.05, 0.1) is 26.5 Å². The zero-order valence-electron chi connectivity index (χ0n) is 26.3. The summed E-state index contributed by atoms with van der Waals surface area (Å²) >= 11 is 0. The Labute approximate surface area is 268 Å². The third-order valence-electron chi connectivity index (χ3n) is 7.45. The Morgan fingerprint density at radius 1 is 1.00 bits per heavy atom. The fourth-order valence-corrected chi connectivity index (χ4v) is 5.14. The Bertz CT molecular complexity index is 1680. The number of nitrogens with one attached hydrogen (secondary N) is 1. The number of benzene rings is 2. The minimum absolute atomic E-state index is 0.100. The topological polar surface area (TPSA) is 117 Å². The van der Waals surface area contributed by atoms with E-state index in [2.05, 4.69) is 47.7 Å². The fraction of sp³-hybridized carbons (Fsp3) is 0.286. The fourth-order valence-electron chi connectivity index (χ4n) is 5.14. The van der Waals surface area contributed by atoms with E-state index in [9.17, 15) is 9.59 Å². The van der Waals surface area contributed by atoms with E-state index in [0.717, 1.165) is 22.6 Å². The summed E-state index contributed by atoms with van der Waals surface area (Å²) in [6.45, 7) is 10.1. The first-order valence-electron chi connectivity index (χ1n) is 15.0. The second kappa shape index (κ2) is 15.1. The van der Waals surface area contributed by atoms with E-state index in [0.29, 0.717) is 61.3 Å². The van der Waals surface area contributed by atoms with E-state index in [1.165, 1.54) is 13.3 Å². The maximum absolute atomic E-state index is 12.7. The van der Waals surface area contributed by atoms with Crippen molar-refractivity contribution >= 4 is 18.0 Å². The Kier molecular flexibility index (Phi) is 10.6. The van der Waals surface area contributed by atoms with Gasteiger partial charge in [0.1, 0.15) is 18.1 Å². The van der Waals surface area contributed by atoms with Crippen LogP contribution >= 0.6 is 0 Å². The van der Waals surface area contributed by atoms with Crippen molar-refractivity contribution in [2.45, 2.75) is 26.9 Å². The van der Waals surface area contributed by atoms with Crippen molar-refractivity contribution in [1.82, 2.24) is 14.9 Å². The molecule has 0 spiro atoms. The van der Waals surface area contributed by atoms with Crippen molar-refractivity contribution < 1.29 is 33.0 Å². The average Bonchev–Trinajstić information content (AvgIpc) is 3.69. The number of nitrogens with zero attached hydrogens (tertiary/aromatic N) is 3. The second-order valence-electron chi connectivity index (χ2n) is 10.7. The molecule has 3 heterocycles. The van der Waals surface area contributed by atoms with Gasteiger partial charge in [0.25, 0.3) is 5.91 Å². The zero-order valence-corrected chi connectivity index (χ0v) is 26.3. The molecule has 0 radical (unpaired) electrons. The molecule has 2 amide bonds. The van der Waals surface area contributed by atoms with Crippen molar-refractivity contribution in [3.63, 3.8) is 0 Å². The van der Waals surface area contributed by atoms with Gasteiger partial charge < -0.3 is 32.8 Å². The molecule has 46 heavy (non-hydrogen) atoms. The molecule has 0 atom stereocenters. The van der Waals surface area contributed by atoms with Gasteiger partial charge in [-0.05, 0) is 86.5 Å². The van der Waals surface area contributed by atoms with E-state index >= 15 is 0 Å². The molecule has 2 aromatic heterocycles. The highest BCUT2D eigenvalue weighted by atomic mass is 16.5. The number of carbonyl (C=O) groups is 2. The SMILES string of the molecule is C=CCc1cc(/C=N/NC(=O)c2ccc(COc3ccc(-n4c(C)ccc4C)cc3)o2)cc(OC)c1OCC(=O)N1CCOCC1. The van der Waals surface area contributed by atoms with Crippen LogP contribution in [0.25, 0.3) is 5.69 Å². The Hall–Kier alpha value is -5.29. The van der Waals surface area contributed by atoms with Crippen LogP contribution in [0, 0.1) is 13.8 Å². The van der Waals surface area contributed by atoms with E-state index in [1.807, 2.05) is 30.3 Å². The normalized spacial score (nSPS) is 13.1. The molecule has 4 aromatic rings. The molecule has 0 unspecified atom stereocenters. The number of ether oxygens (including phenoxy) is 4. The van der Waals surface area contributed by atoms with Crippen LogP contribution in [0.1, 0.15) is 38.8 Å². The third-order valence-corrected chi connectivity index (χ3v) is 7.45. The minimum atomic E-state index is -0.510. The largest absolute Gasteiger partial charge is 0.493 e. The molecular formula is C35H38N4O7. The third kappa shape index (κ3) is 7.86. The number of furan rings is 1. The van der Waals surface area contributed by atoms with Gasteiger partial charge in [0.2, 0.25) is 0 Å². The van der Waals surface area contributed by atoms with Crippen LogP contribution in [0.4, 0.5) is 0 Å². The number of hydrazone groups is 1. The Balaban J connectivity index is 1.16. The van der Waals surface area contributed by atoms with Crippen molar-refractivity contribution in [3.8, 4) is 22.9 Å². The summed E-state index contributed by atoms with van der Waals surface area (Å²) in [6.07, 6.45) is 3.69. The second-order valence-corrected chi connectivity index (χ2v) is 10.7. The molecule has 1 saturated heterocycles. The van der Waals surface area contributed by atoms with Gasteiger partial charge in [-0.2, -0.15) is 5.10 Å². The monoisotopic (exact) mass is 626 g/mol. The molecule has 1 aliphatic rings. The smallest absolute Gasteiger partial charge is 0.307 e. The summed E-state index contributed by atoms with van der Waals surface area (Å²) in [5.41, 5.74) is 7.27. The van der Waals surface area contributed by atoms with E-state index < -0.39 is 5.91 Å². The van der Waals surface area contributed by atoms with Gasteiger partial charge in [-0.1, -0.05) is 6.08 Å². The van der Waals surface area contributed by atoms with Crippen LogP contribution in [0.3, 0.4) is 0 Å². The number of hydrogen-bond acceptors (Lipinski definition) is 8. The van der Waals surface area contributed by atoms with Crippen molar-refractivity contribution in [1.29, 1.82) is 0 Å². The lowest BCUT2D eigenvalue weighted by Gasteiger charge is -2.27. The molecule has 11 heteroatoms. The van der Waals surface area contributed by atoms with Gasteiger partial charge in [-0.25, -0.2) is 5.43 Å². The van der Waals surface area contributed by atoms with Gasteiger partial charge in [-0.15, -0.1) is 6.58 Å². The molecule has 2 aromatic carbocycles. The van der Waals surface area contributed by atoms with Gasteiger partial charge in [0, 0.05) is 35.7 Å². The predicted molar refractivity (Wildman–Crippen MR) is 173 cm³/mol. The lowest BCUT2D eigenvalue weighted by molar-refractivity contribution is -0.137. The van der Waals surface area contributed by atoms with Crippen molar-refractivity contribution in [3.05, 3.63) is 107 Å². The Morgan fingerprint density at radius 3 is 2.43 bits per heavy atom. The number of rotatable bonds is 13. The minimum Gasteiger partial charge on any atom is -0.493 e. The summed E-state index contributed by atoms with van der Waals surface area (Å²) in [4.78, 5) is 27.0. The number of allylic oxidation sites excluding steroid dienone is 1. The van der Waals surface area contributed by atoms with Crippen molar-refractivity contribution in [2.24, 2.45) is 5.10 Å². The summed E-state index contributed by atoms with van der Waals surface area (Å²) in [5, 5.41) is 4.09. The van der Waals surface area contributed by atoms with E-state index in [-0.39, 0.29) is 24.9 Å². The quantitative estimate of drug-likeness (QED) is 0.126. The number of carbonyl (C=O) groups excluding carboxylic acids is 2. The van der Waals surface area contributed by atoms with Crippen LogP contribution in [0.15, 0.2) is 82.8 Å². The lowest BCUT2D eigenvalue weighted by atomic mass is 10.1. The first kappa shape index (κ1) is 32.1. The lowest BCUT2D eigenvalue weighted by Crippen LogP contribution is -2.43. The van der Waals surface area contributed by atoms with Crippen LogP contribution in [-0.2, 0) is 22.6 Å². The molecule has 0 saturated carbocycles. The first-order valence-corrected chi connectivity index (χ1v) is 15.0. The molecule has 5 rings (SSSR count). The molecule has 1 aliphatic heterocycles. The van der Waals surface area contributed by atoms with Gasteiger partial charge in [0.15, 0.2) is 23.9 Å². The maximum atomic E-state index is 12.7. The van der Waals surface area contributed by atoms with Crippen molar-refractivity contribution in [2.75, 3.05) is 40.0 Å². The highest BCUT2D eigenvalue weighted by molar-refractivity contribution is 5.92. The summed E-state index contributed by atoms with van der Waals surface area (Å²) in [6, 6.07) is 18.8. The van der Waals surface area contributed by atoms with Gasteiger partial charge in [-0.3, -0.25) is 9.59 Å². The standard InChI is InChI=1S/C35H38N4O7/c1-5-6-27-19-26(20-32(42-4)34(27)45-23-33(40)38-15-17-43-18-16-38)21-36-37-35(41)31-14-13-30(46-31)22-44-29-11-9-28(10-12-29)39-24(2)7-8-25(39)3/h5,7-14,19-21H,1,6,15-18,22-23H2,2-4H3,(H,37,41)/b36-21+. The zero-order chi connectivity index (χ0) is 32.5. The highest BCUT2D eigenvalue weighted by Crippen LogP contribution is 2.33. The molecule has 1 N–H and O–H groups in total. The highest BCUT2D eigenvalue weighted by Gasteiger charge is 2.20. The number of aryl methyl sites for hydroxylation is 2. The van der Waals surface area contributed by atoms with Crippen LogP contribution in [-0.4, -0.2) is 67.5 Å². The molecule has 11 nitrogen and oxygen atoms in total. The molecule has 0 aliphatic carbocycles. The summed E-state index contributed by atoms with van der Waals surface area (Å²) < 4.78 is 30.5. The summed E-state index contributed by atoms with van der Waals surface area (Å²) in [5.74, 6) is 1.54.